The van der Waals surface area contributed by atoms with Gasteiger partial charge in [0.2, 0.25) is 5.78 Å². The molecule has 13 heavy (non-hydrogen) atoms. The summed E-state index contributed by atoms with van der Waals surface area (Å²) in [4.78, 5) is 11.2. The maximum atomic E-state index is 11.2. The molecule has 0 aliphatic heterocycles. The second-order valence-corrected chi connectivity index (χ2v) is 5.17. The molecule has 0 bridgehead atoms. The van der Waals surface area contributed by atoms with Crippen LogP contribution in [0.2, 0.25) is 0 Å². The van der Waals surface area contributed by atoms with Crippen molar-refractivity contribution in [1.29, 1.82) is 0 Å². The Morgan fingerprint density at radius 3 is 2.31 bits per heavy atom. The van der Waals surface area contributed by atoms with E-state index < -0.39 is 9.58 Å². The van der Waals surface area contributed by atoms with Crippen LogP contribution in [0.1, 0.15) is 12.8 Å². The van der Waals surface area contributed by atoms with Crippen molar-refractivity contribution in [2.45, 2.75) is 16.6 Å². The highest BCUT2D eigenvalue weighted by molar-refractivity contribution is 6.77. The third kappa shape index (κ3) is 3.37. The summed E-state index contributed by atoms with van der Waals surface area (Å²) >= 11 is 16.2. The molecule has 1 aliphatic rings. The average molecular weight is 244 g/mol. The van der Waals surface area contributed by atoms with Gasteiger partial charge in [-0.3, -0.25) is 4.79 Å². The number of ether oxygens (including phenoxy) is 1. The van der Waals surface area contributed by atoms with Crippen molar-refractivity contribution < 1.29 is 9.53 Å². The fourth-order valence-corrected chi connectivity index (χ4v) is 1.09. The van der Waals surface area contributed by atoms with Crippen molar-refractivity contribution in [2.75, 3.05) is 7.11 Å². The van der Waals surface area contributed by atoms with E-state index in [0.29, 0.717) is 11.7 Å². The molecular weight excluding hydrogens is 234 g/mol. The predicted molar refractivity (Wildman–Crippen MR) is 53.1 cm³/mol. The molecule has 0 heterocycles. The molecule has 0 aromatic heterocycles. The van der Waals surface area contributed by atoms with E-state index in [1.165, 1.54) is 13.2 Å². The van der Waals surface area contributed by atoms with E-state index in [9.17, 15) is 4.79 Å². The summed E-state index contributed by atoms with van der Waals surface area (Å²) in [5, 5.41) is 0. The van der Waals surface area contributed by atoms with Gasteiger partial charge >= 0.3 is 0 Å². The molecule has 1 saturated carbocycles. The molecule has 0 radical (unpaired) electrons. The Morgan fingerprint density at radius 2 is 2.00 bits per heavy atom. The number of hydrogen-bond acceptors (Lipinski definition) is 2. The Labute approximate surface area is 91.8 Å². The minimum atomic E-state index is -1.88. The standard InChI is InChI=1S/C8H9Cl3O2/c1-13-6(5-2-3-5)4-7(12)8(9,10)11/h4-5H,2-3H2,1H3/b6-4+. The largest absolute Gasteiger partial charge is 0.501 e. The maximum Gasteiger partial charge on any atom is 0.252 e. The lowest BCUT2D eigenvalue weighted by Gasteiger charge is -2.08. The van der Waals surface area contributed by atoms with Crippen molar-refractivity contribution in [3.05, 3.63) is 11.8 Å². The second-order valence-electron chi connectivity index (χ2n) is 2.89. The van der Waals surface area contributed by atoms with Crippen LogP contribution in [-0.2, 0) is 9.53 Å². The first-order chi connectivity index (χ1) is 5.95. The molecular formula is C8H9Cl3O2. The van der Waals surface area contributed by atoms with Crippen molar-refractivity contribution in [3.63, 3.8) is 0 Å². The number of carbonyl (C=O) groups excluding carboxylic acids is 1. The Hall–Kier alpha value is 0.0800. The Morgan fingerprint density at radius 1 is 1.46 bits per heavy atom. The van der Waals surface area contributed by atoms with E-state index in [1.807, 2.05) is 0 Å². The number of carbonyl (C=O) groups is 1. The molecule has 0 unspecified atom stereocenters. The van der Waals surface area contributed by atoms with Gasteiger partial charge in [-0.05, 0) is 12.8 Å². The van der Waals surface area contributed by atoms with Gasteiger partial charge in [0.1, 0.15) is 5.76 Å². The normalized spacial score (nSPS) is 18.6. The van der Waals surface area contributed by atoms with Crippen LogP contribution >= 0.6 is 34.8 Å². The summed E-state index contributed by atoms with van der Waals surface area (Å²) < 4.78 is 3.13. The highest BCUT2D eigenvalue weighted by Gasteiger charge is 2.33. The molecule has 0 aromatic rings. The average Bonchev–Trinajstić information content (AvgIpc) is 2.80. The zero-order valence-electron chi connectivity index (χ0n) is 7.02. The summed E-state index contributed by atoms with van der Waals surface area (Å²) in [6.07, 6.45) is 3.34. The van der Waals surface area contributed by atoms with Crippen LogP contribution in [0.25, 0.3) is 0 Å². The minimum Gasteiger partial charge on any atom is -0.501 e. The van der Waals surface area contributed by atoms with E-state index in [-0.39, 0.29) is 0 Å². The van der Waals surface area contributed by atoms with Crippen LogP contribution in [-0.4, -0.2) is 16.7 Å². The minimum absolute atomic E-state index is 0.335. The summed E-state index contributed by atoms with van der Waals surface area (Å²) in [6, 6.07) is 0. The Balaban J connectivity index is 2.66. The molecule has 1 rings (SSSR count). The number of allylic oxidation sites excluding steroid dienone is 2. The number of hydrogen-bond donors (Lipinski definition) is 0. The fourth-order valence-electron chi connectivity index (χ4n) is 0.922. The molecule has 0 spiro atoms. The van der Waals surface area contributed by atoms with Gasteiger partial charge in [-0.15, -0.1) is 0 Å². The molecule has 1 fully saturated rings. The summed E-state index contributed by atoms with van der Waals surface area (Å²) in [7, 11) is 1.51. The van der Waals surface area contributed by atoms with E-state index in [2.05, 4.69) is 0 Å². The molecule has 74 valence electrons. The Kier molecular flexibility index (Phi) is 3.50. The van der Waals surface area contributed by atoms with Crippen molar-refractivity contribution in [3.8, 4) is 0 Å². The van der Waals surface area contributed by atoms with Gasteiger partial charge in [-0.25, -0.2) is 0 Å². The fraction of sp³-hybridized carbons (Fsp3) is 0.625. The van der Waals surface area contributed by atoms with E-state index in [1.54, 1.807) is 0 Å². The summed E-state index contributed by atoms with van der Waals surface area (Å²) in [5.41, 5.74) is 0. The van der Waals surface area contributed by atoms with Crippen molar-refractivity contribution in [2.24, 2.45) is 5.92 Å². The molecule has 2 nitrogen and oxygen atoms in total. The lowest BCUT2D eigenvalue weighted by molar-refractivity contribution is -0.114. The lowest BCUT2D eigenvalue weighted by Crippen LogP contribution is -2.17. The molecule has 5 heteroatoms. The van der Waals surface area contributed by atoms with Crippen molar-refractivity contribution in [1.82, 2.24) is 0 Å². The number of halogens is 3. The first-order valence-electron chi connectivity index (χ1n) is 3.82. The number of ketones is 1. The highest BCUT2D eigenvalue weighted by Crippen LogP contribution is 2.37. The quantitative estimate of drug-likeness (QED) is 0.433. The van der Waals surface area contributed by atoms with Crippen LogP contribution < -0.4 is 0 Å². The monoisotopic (exact) mass is 242 g/mol. The van der Waals surface area contributed by atoms with E-state index in [0.717, 1.165) is 12.8 Å². The van der Waals surface area contributed by atoms with Gasteiger partial charge < -0.3 is 4.74 Å². The maximum absolute atomic E-state index is 11.2. The summed E-state index contributed by atoms with van der Waals surface area (Å²) in [5.74, 6) is 0.388. The topological polar surface area (TPSA) is 26.3 Å². The van der Waals surface area contributed by atoms with Gasteiger partial charge in [0.15, 0.2) is 0 Å². The van der Waals surface area contributed by atoms with Gasteiger partial charge in [-0.2, -0.15) is 0 Å². The smallest absolute Gasteiger partial charge is 0.252 e. The SMILES string of the molecule is CO/C(=C/C(=O)C(Cl)(Cl)Cl)C1CC1. The first kappa shape index (κ1) is 11.2. The van der Waals surface area contributed by atoms with Gasteiger partial charge in [0, 0.05) is 12.0 Å². The van der Waals surface area contributed by atoms with Crippen LogP contribution in [0.15, 0.2) is 11.8 Å². The molecule has 0 N–H and O–H groups in total. The molecule has 0 amide bonds. The molecule has 1 aliphatic carbocycles. The van der Waals surface area contributed by atoms with Gasteiger partial charge in [0.05, 0.1) is 7.11 Å². The van der Waals surface area contributed by atoms with E-state index >= 15 is 0 Å². The second kappa shape index (κ2) is 4.07. The first-order valence-corrected chi connectivity index (χ1v) is 4.95. The molecule has 0 saturated heterocycles. The summed E-state index contributed by atoms with van der Waals surface area (Å²) in [6.45, 7) is 0. The van der Waals surface area contributed by atoms with E-state index in [4.69, 9.17) is 39.5 Å². The zero-order valence-corrected chi connectivity index (χ0v) is 9.29. The van der Waals surface area contributed by atoms with Crippen molar-refractivity contribution >= 4 is 40.6 Å². The third-order valence-electron chi connectivity index (χ3n) is 1.77. The van der Waals surface area contributed by atoms with Gasteiger partial charge in [0.25, 0.3) is 3.79 Å². The highest BCUT2D eigenvalue weighted by atomic mass is 35.6. The number of alkyl halides is 3. The Bertz CT molecular complexity index is 238. The lowest BCUT2D eigenvalue weighted by atomic mass is 10.2. The zero-order chi connectivity index (χ0) is 10.1. The van der Waals surface area contributed by atoms with Crippen LogP contribution in [0.3, 0.4) is 0 Å². The molecule has 0 aromatic carbocycles. The predicted octanol–water partition coefficient (Wildman–Crippen LogP) is 2.87. The van der Waals surface area contributed by atoms with Crippen LogP contribution in [0.5, 0.6) is 0 Å². The van der Waals surface area contributed by atoms with Gasteiger partial charge in [-0.1, -0.05) is 34.8 Å². The molecule has 0 atom stereocenters. The third-order valence-corrected chi connectivity index (χ3v) is 2.33. The number of methoxy groups -OCH3 is 1. The van der Waals surface area contributed by atoms with Crippen LogP contribution in [0, 0.1) is 5.92 Å². The number of rotatable bonds is 3. The van der Waals surface area contributed by atoms with Crippen LogP contribution in [0.4, 0.5) is 0 Å².